The minimum absolute atomic E-state index is 0.00680. The van der Waals surface area contributed by atoms with Crippen molar-refractivity contribution in [1.82, 2.24) is 9.88 Å². The van der Waals surface area contributed by atoms with Gasteiger partial charge in [-0.15, -0.1) is 0 Å². The Balaban J connectivity index is 1.40. The van der Waals surface area contributed by atoms with Gasteiger partial charge in [0.25, 0.3) is 5.91 Å². The second kappa shape index (κ2) is 8.91. The van der Waals surface area contributed by atoms with Gasteiger partial charge >= 0.3 is 0 Å². The number of furan rings is 1. The molecule has 1 saturated heterocycles. The number of oxazole rings is 1. The van der Waals surface area contributed by atoms with Crippen molar-refractivity contribution in [3.05, 3.63) is 71.8 Å². The number of carbonyl (C=O) groups excluding carboxylic acids is 2. The molecule has 1 N–H and O–H groups in total. The topological polar surface area (TPSA) is 97.8 Å². The number of rotatable bonds is 5. The quantitative estimate of drug-likeness (QED) is 0.498. The van der Waals surface area contributed by atoms with E-state index < -0.39 is 0 Å². The van der Waals surface area contributed by atoms with Crippen LogP contribution in [-0.4, -0.2) is 48.0 Å². The highest BCUT2D eigenvalue weighted by atomic mass is 16.5. The molecule has 5 rings (SSSR count). The van der Waals surface area contributed by atoms with E-state index in [1.807, 2.05) is 48.5 Å². The molecule has 0 aliphatic carbocycles. The zero-order valence-electron chi connectivity index (χ0n) is 18.2. The first-order chi connectivity index (χ1) is 16.1. The Labute approximate surface area is 190 Å². The van der Waals surface area contributed by atoms with E-state index in [-0.39, 0.29) is 24.0 Å². The number of ether oxygens (including phenoxy) is 1. The van der Waals surface area contributed by atoms with Gasteiger partial charge in [0.15, 0.2) is 0 Å². The van der Waals surface area contributed by atoms with Crippen LogP contribution in [0.3, 0.4) is 0 Å². The summed E-state index contributed by atoms with van der Waals surface area (Å²) >= 11 is 0. The van der Waals surface area contributed by atoms with Crippen molar-refractivity contribution in [2.45, 2.75) is 13.3 Å². The molecule has 8 nitrogen and oxygen atoms in total. The minimum Gasteiger partial charge on any atom is -0.449 e. The van der Waals surface area contributed by atoms with E-state index in [2.05, 4.69) is 10.3 Å². The molecule has 0 bridgehead atoms. The number of para-hydroxylation sites is 1. The summed E-state index contributed by atoms with van der Waals surface area (Å²) in [5, 5.41) is 3.56. The molecule has 0 unspecified atom stereocenters. The van der Waals surface area contributed by atoms with Crippen molar-refractivity contribution >= 4 is 28.5 Å². The first kappa shape index (κ1) is 21.0. The van der Waals surface area contributed by atoms with Crippen molar-refractivity contribution in [2.24, 2.45) is 0 Å². The van der Waals surface area contributed by atoms with Gasteiger partial charge in [-0.05, 0) is 31.2 Å². The Morgan fingerprint density at radius 1 is 1.00 bits per heavy atom. The van der Waals surface area contributed by atoms with E-state index in [9.17, 15) is 9.59 Å². The van der Waals surface area contributed by atoms with Gasteiger partial charge in [-0.3, -0.25) is 9.59 Å². The molecule has 0 spiro atoms. The van der Waals surface area contributed by atoms with Crippen LogP contribution < -0.4 is 5.32 Å². The maximum absolute atomic E-state index is 13.1. The second-order valence-corrected chi connectivity index (χ2v) is 7.82. The standard InChI is InChI=1S/C25H23N3O5/c1-16-19(26-24(32-16)17-7-3-2-4-8-17)15-21(29)27-22-18-9-5-6-10-20(18)33-23(22)25(30)28-11-13-31-14-12-28/h2-10H,11-15H2,1H3,(H,27,29). The largest absolute Gasteiger partial charge is 0.449 e. The lowest BCUT2D eigenvalue weighted by Crippen LogP contribution is -2.40. The number of hydrogen-bond donors (Lipinski definition) is 1. The number of amides is 2. The number of fused-ring (bicyclic) bond motifs is 1. The number of aromatic nitrogens is 1. The number of carbonyl (C=O) groups is 2. The molecule has 4 aromatic rings. The second-order valence-electron chi connectivity index (χ2n) is 7.82. The van der Waals surface area contributed by atoms with Crippen molar-refractivity contribution in [3.63, 3.8) is 0 Å². The molecule has 8 heteroatoms. The molecule has 2 aromatic heterocycles. The maximum Gasteiger partial charge on any atom is 0.291 e. The zero-order chi connectivity index (χ0) is 22.8. The number of aryl methyl sites for hydroxylation is 1. The molecule has 1 aliphatic rings. The predicted octanol–water partition coefficient (Wildman–Crippen LogP) is 4.05. The molecular formula is C25H23N3O5. The van der Waals surface area contributed by atoms with Crippen molar-refractivity contribution in [3.8, 4) is 11.5 Å². The van der Waals surface area contributed by atoms with Crippen molar-refractivity contribution in [2.75, 3.05) is 31.6 Å². The molecule has 33 heavy (non-hydrogen) atoms. The van der Waals surface area contributed by atoms with E-state index >= 15 is 0 Å². The number of nitrogens with one attached hydrogen (secondary N) is 1. The van der Waals surface area contributed by atoms with Gasteiger partial charge in [-0.2, -0.15) is 0 Å². The van der Waals surface area contributed by atoms with E-state index in [1.54, 1.807) is 17.9 Å². The fraction of sp³-hybridized carbons (Fsp3) is 0.240. The Hall–Kier alpha value is -3.91. The Morgan fingerprint density at radius 3 is 2.52 bits per heavy atom. The van der Waals surface area contributed by atoms with Crippen molar-refractivity contribution in [1.29, 1.82) is 0 Å². The summed E-state index contributed by atoms with van der Waals surface area (Å²) in [5.41, 5.74) is 2.29. The van der Waals surface area contributed by atoms with Gasteiger partial charge in [-0.25, -0.2) is 4.98 Å². The van der Waals surface area contributed by atoms with E-state index in [4.69, 9.17) is 13.6 Å². The number of morpholine rings is 1. The highest BCUT2D eigenvalue weighted by Crippen LogP contribution is 2.32. The number of hydrogen-bond acceptors (Lipinski definition) is 6. The highest BCUT2D eigenvalue weighted by molar-refractivity contribution is 6.11. The molecule has 2 amide bonds. The Morgan fingerprint density at radius 2 is 1.73 bits per heavy atom. The monoisotopic (exact) mass is 445 g/mol. The summed E-state index contributed by atoms with van der Waals surface area (Å²) in [4.78, 5) is 32.3. The fourth-order valence-corrected chi connectivity index (χ4v) is 3.86. The average molecular weight is 445 g/mol. The summed E-state index contributed by atoms with van der Waals surface area (Å²) < 4.78 is 17.0. The van der Waals surface area contributed by atoms with Crippen LogP contribution in [0.2, 0.25) is 0 Å². The number of nitrogens with zero attached hydrogens (tertiary/aromatic N) is 2. The maximum atomic E-state index is 13.1. The van der Waals surface area contributed by atoms with Crippen LogP contribution in [0.15, 0.2) is 63.4 Å². The van der Waals surface area contributed by atoms with E-state index in [0.29, 0.717) is 60.3 Å². The molecular weight excluding hydrogens is 422 g/mol. The molecule has 2 aromatic carbocycles. The molecule has 3 heterocycles. The molecule has 0 saturated carbocycles. The third kappa shape index (κ3) is 4.25. The Bertz CT molecular complexity index is 1300. The lowest BCUT2D eigenvalue weighted by molar-refractivity contribution is -0.115. The summed E-state index contributed by atoms with van der Waals surface area (Å²) in [6.45, 7) is 3.68. The van der Waals surface area contributed by atoms with Crippen LogP contribution in [0.4, 0.5) is 5.69 Å². The summed E-state index contributed by atoms with van der Waals surface area (Å²) in [5.74, 6) is 0.578. The van der Waals surface area contributed by atoms with Gasteiger partial charge in [0.1, 0.15) is 17.0 Å². The first-order valence-electron chi connectivity index (χ1n) is 10.8. The van der Waals surface area contributed by atoms with Crippen LogP contribution in [-0.2, 0) is 16.0 Å². The fourth-order valence-electron chi connectivity index (χ4n) is 3.86. The predicted molar refractivity (Wildman–Crippen MR) is 122 cm³/mol. The number of benzene rings is 2. The molecule has 0 radical (unpaired) electrons. The van der Waals surface area contributed by atoms with Gasteiger partial charge in [0.05, 0.1) is 25.3 Å². The van der Waals surface area contributed by atoms with Crippen LogP contribution in [0, 0.1) is 6.92 Å². The molecule has 1 aliphatic heterocycles. The SMILES string of the molecule is Cc1oc(-c2ccccc2)nc1CC(=O)Nc1c(C(=O)N2CCOCC2)oc2ccccc12. The lowest BCUT2D eigenvalue weighted by atomic mass is 10.2. The highest BCUT2D eigenvalue weighted by Gasteiger charge is 2.28. The van der Waals surface area contributed by atoms with E-state index in [0.717, 1.165) is 5.56 Å². The minimum atomic E-state index is -0.311. The first-order valence-corrected chi connectivity index (χ1v) is 10.8. The normalized spacial score (nSPS) is 13.9. The van der Waals surface area contributed by atoms with Crippen LogP contribution in [0.1, 0.15) is 22.0 Å². The smallest absolute Gasteiger partial charge is 0.291 e. The Kier molecular flexibility index (Phi) is 5.66. The van der Waals surface area contributed by atoms with Crippen LogP contribution >= 0.6 is 0 Å². The summed E-state index contributed by atoms with van der Waals surface area (Å²) in [6, 6.07) is 16.8. The van der Waals surface area contributed by atoms with Crippen molar-refractivity contribution < 1.29 is 23.2 Å². The van der Waals surface area contributed by atoms with Gasteiger partial charge in [0, 0.05) is 24.0 Å². The third-order valence-corrected chi connectivity index (χ3v) is 5.59. The van der Waals surface area contributed by atoms with Gasteiger partial charge < -0.3 is 23.8 Å². The lowest BCUT2D eigenvalue weighted by Gasteiger charge is -2.26. The molecule has 168 valence electrons. The average Bonchev–Trinajstić information content (AvgIpc) is 3.40. The summed E-state index contributed by atoms with van der Waals surface area (Å²) in [7, 11) is 0. The van der Waals surface area contributed by atoms with Crippen LogP contribution in [0.5, 0.6) is 0 Å². The summed E-state index contributed by atoms with van der Waals surface area (Å²) in [6.07, 6.45) is 0.00680. The van der Waals surface area contributed by atoms with E-state index in [1.165, 1.54) is 0 Å². The molecule has 0 atom stereocenters. The number of anilines is 1. The zero-order valence-corrected chi connectivity index (χ0v) is 18.2. The third-order valence-electron chi connectivity index (χ3n) is 5.59. The van der Waals surface area contributed by atoms with Gasteiger partial charge in [0.2, 0.25) is 17.6 Å². The molecule has 1 fully saturated rings. The van der Waals surface area contributed by atoms with Crippen LogP contribution in [0.25, 0.3) is 22.4 Å². The van der Waals surface area contributed by atoms with Gasteiger partial charge in [-0.1, -0.05) is 30.3 Å².